The molecule has 1 amide bonds. The zero-order chi connectivity index (χ0) is 17.9. The van der Waals surface area contributed by atoms with Gasteiger partial charge in [0.1, 0.15) is 17.6 Å². The van der Waals surface area contributed by atoms with Gasteiger partial charge in [0.25, 0.3) is 0 Å². The van der Waals surface area contributed by atoms with Gasteiger partial charge in [-0.25, -0.2) is 4.39 Å². The number of benzene rings is 2. The van der Waals surface area contributed by atoms with E-state index in [4.69, 9.17) is 4.74 Å². The quantitative estimate of drug-likeness (QED) is 0.910. The van der Waals surface area contributed by atoms with E-state index in [-0.39, 0.29) is 11.7 Å². The molecule has 2 aromatic rings. The van der Waals surface area contributed by atoms with Gasteiger partial charge < -0.3 is 10.1 Å². The van der Waals surface area contributed by atoms with Crippen LogP contribution in [-0.4, -0.2) is 13.0 Å². The predicted molar refractivity (Wildman–Crippen MR) is 92.9 cm³/mol. The van der Waals surface area contributed by atoms with Crippen molar-refractivity contribution in [1.82, 2.24) is 0 Å². The number of carbonyl (C=O) groups is 1. The highest BCUT2D eigenvalue weighted by Gasteiger charge is 2.44. The van der Waals surface area contributed by atoms with Crippen LogP contribution in [0.3, 0.4) is 0 Å². The van der Waals surface area contributed by atoms with Crippen molar-refractivity contribution in [2.45, 2.75) is 31.1 Å². The number of hydrogen-bond donors (Lipinski definition) is 1. The van der Waals surface area contributed by atoms with Crippen molar-refractivity contribution < 1.29 is 13.9 Å². The summed E-state index contributed by atoms with van der Waals surface area (Å²) in [5.41, 5.74) is 0.425. The number of nitrogens with one attached hydrogen (secondary N) is 1. The molecule has 1 aliphatic carbocycles. The number of rotatable bonds is 4. The molecule has 0 unspecified atom stereocenters. The van der Waals surface area contributed by atoms with Gasteiger partial charge in [-0.15, -0.1) is 0 Å². The number of halogens is 1. The van der Waals surface area contributed by atoms with E-state index in [9.17, 15) is 14.4 Å². The Labute approximate surface area is 146 Å². The van der Waals surface area contributed by atoms with E-state index < -0.39 is 5.41 Å². The first-order valence-corrected chi connectivity index (χ1v) is 8.25. The Morgan fingerprint density at radius 1 is 1.24 bits per heavy atom. The standard InChI is InChI=1S/C20H19FN2O2/c1-25-18-9-8-15(12-14(18)13-22)23-19(24)20(10-4-5-11-20)16-6-2-3-7-17(16)21/h2-3,6-9,12H,4-5,10-11H2,1H3,(H,23,24). The maximum Gasteiger partial charge on any atom is 0.235 e. The molecule has 0 saturated heterocycles. The minimum atomic E-state index is -0.863. The Kier molecular flexibility index (Phi) is 4.71. The lowest BCUT2D eigenvalue weighted by atomic mass is 9.77. The lowest BCUT2D eigenvalue weighted by Crippen LogP contribution is -2.38. The van der Waals surface area contributed by atoms with Crippen LogP contribution in [0.5, 0.6) is 5.75 Å². The molecule has 0 radical (unpaired) electrons. The molecular weight excluding hydrogens is 319 g/mol. The SMILES string of the molecule is COc1ccc(NC(=O)C2(c3ccccc3F)CCCC2)cc1C#N. The molecule has 0 bridgehead atoms. The molecule has 1 fully saturated rings. The Morgan fingerprint density at radius 2 is 1.96 bits per heavy atom. The highest BCUT2D eigenvalue weighted by atomic mass is 19.1. The van der Waals surface area contributed by atoms with Crippen LogP contribution >= 0.6 is 0 Å². The van der Waals surface area contributed by atoms with Gasteiger partial charge in [-0.05, 0) is 37.1 Å². The third-order valence-corrected chi connectivity index (χ3v) is 4.86. The number of amides is 1. The van der Waals surface area contributed by atoms with Crippen LogP contribution in [0.4, 0.5) is 10.1 Å². The molecule has 3 rings (SSSR count). The molecule has 1 saturated carbocycles. The molecule has 4 nitrogen and oxygen atoms in total. The van der Waals surface area contributed by atoms with Gasteiger partial charge in [0.15, 0.2) is 0 Å². The minimum Gasteiger partial charge on any atom is -0.495 e. The van der Waals surface area contributed by atoms with E-state index in [0.29, 0.717) is 35.4 Å². The predicted octanol–water partition coefficient (Wildman–Crippen LogP) is 4.16. The Bertz CT molecular complexity index is 836. The summed E-state index contributed by atoms with van der Waals surface area (Å²) in [5.74, 6) is -0.138. The first-order chi connectivity index (χ1) is 12.1. The lowest BCUT2D eigenvalue weighted by molar-refractivity contribution is -0.121. The molecule has 2 aromatic carbocycles. The first kappa shape index (κ1) is 17.0. The average Bonchev–Trinajstić information content (AvgIpc) is 3.13. The molecule has 0 atom stereocenters. The summed E-state index contributed by atoms with van der Waals surface area (Å²) in [7, 11) is 1.49. The number of anilines is 1. The third-order valence-electron chi connectivity index (χ3n) is 4.86. The zero-order valence-corrected chi connectivity index (χ0v) is 14.0. The minimum absolute atomic E-state index is 0.232. The second-order valence-corrected chi connectivity index (χ2v) is 6.25. The summed E-state index contributed by atoms with van der Waals surface area (Å²) in [6, 6.07) is 13.4. The highest BCUT2D eigenvalue weighted by molar-refractivity contribution is 5.99. The van der Waals surface area contributed by atoms with Crippen molar-refractivity contribution in [3.05, 3.63) is 59.4 Å². The van der Waals surface area contributed by atoms with Crippen molar-refractivity contribution in [1.29, 1.82) is 5.26 Å². The topological polar surface area (TPSA) is 62.1 Å². The molecule has 5 heteroatoms. The average molecular weight is 338 g/mol. The second kappa shape index (κ2) is 6.94. The van der Waals surface area contributed by atoms with Gasteiger partial charge in [-0.2, -0.15) is 5.26 Å². The van der Waals surface area contributed by atoms with Gasteiger partial charge in [0, 0.05) is 11.3 Å². The molecule has 0 aromatic heterocycles. The molecule has 0 aliphatic heterocycles. The molecule has 128 valence electrons. The highest BCUT2D eigenvalue weighted by Crippen LogP contribution is 2.43. The van der Waals surface area contributed by atoms with Gasteiger partial charge in [0.2, 0.25) is 5.91 Å². The van der Waals surface area contributed by atoms with Crippen LogP contribution < -0.4 is 10.1 Å². The van der Waals surface area contributed by atoms with Crippen LogP contribution in [0, 0.1) is 17.1 Å². The van der Waals surface area contributed by atoms with Crippen LogP contribution in [0.1, 0.15) is 36.8 Å². The molecular formula is C20H19FN2O2. The normalized spacial score (nSPS) is 15.4. The van der Waals surface area contributed by atoms with Gasteiger partial charge >= 0.3 is 0 Å². The first-order valence-electron chi connectivity index (χ1n) is 8.25. The summed E-state index contributed by atoms with van der Waals surface area (Å²) >= 11 is 0. The summed E-state index contributed by atoms with van der Waals surface area (Å²) < 4.78 is 19.5. The van der Waals surface area contributed by atoms with Gasteiger partial charge in [0.05, 0.1) is 18.1 Å². The smallest absolute Gasteiger partial charge is 0.235 e. The number of carbonyl (C=O) groups excluding carboxylic acids is 1. The van der Waals surface area contributed by atoms with E-state index in [1.165, 1.54) is 13.2 Å². The number of ether oxygens (including phenoxy) is 1. The molecule has 25 heavy (non-hydrogen) atoms. The Morgan fingerprint density at radius 3 is 2.60 bits per heavy atom. The third kappa shape index (κ3) is 3.08. The molecule has 0 spiro atoms. The fourth-order valence-electron chi connectivity index (χ4n) is 3.57. The largest absolute Gasteiger partial charge is 0.495 e. The lowest BCUT2D eigenvalue weighted by Gasteiger charge is -2.28. The van der Waals surface area contributed by atoms with Crippen LogP contribution in [0.25, 0.3) is 0 Å². The molecule has 1 aliphatic rings. The van der Waals surface area contributed by atoms with E-state index in [0.717, 1.165) is 12.8 Å². The van der Waals surface area contributed by atoms with Crippen molar-refractivity contribution in [3.8, 4) is 11.8 Å². The summed E-state index contributed by atoms with van der Waals surface area (Å²) in [5, 5.41) is 12.1. The van der Waals surface area contributed by atoms with Crippen molar-refractivity contribution in [2.75, 3.05) is 12.4 Å². The van der Waals surface area contributed by atoms with E-state index >= 15 is 0 Å². The summed E-state index contributed by atoms with van der Waals surface area (Å²) in [4.78, 5) is 13.1. The zero-order valence-electron chi connectivity index (χ0n) is 14.0. The number of methoxy groups -OCH3 is 1. The fraction of sp³-hybridized carbons (Fsp3) is 0.300. The van der Waals surface area contributed by atoms with E-state index in [1.54, 1.807) is 36.4 Å². The number of hydrogen-bond acceptors (Lipinski definition) is 3. The van der Waals surface area contributed by atoms with Crippen LogP contribution in [0.2, 0.25) is 0 Å². The van der Waals surface area contributed by atoms with Crippen molar-refractivity contribution >= 4 is 11.6 Å². The Hall–Kier alpha value is -2.87. The second-order valence-electron chi connectivity index (χ2n) is 6.25. The van der Waals surface area contributed by atoms with Crippen molar-refractivity contribution in [3.63, 3.8) is 0 Å². The van der Waals surface area contributed by atoms with E-state index in [2.05, 4.69) is 5.32 Å². The maximum atomic E-state index is 14.4. The van der Waals surface area contributed by atoms with Crippen LogP contribution in [0.15, 0.2) is 42.5 Å². The van der Waals surface area contributed by atoms with E-state index in [1.807, 2.05) is 6.07 Å². The summed E-state index contributed by atoms with van der Waals surface area (Å²) in [6.07, 6.45) is 2.99. The van der Waals surface area contributed by atoms with Gasteiger partial charge in [-0.3, -0.25) is 4.79 Å². The van der Waals surface area contributed by atoms with Gasteiger partial charge in [-0.1, -0.05) is 31.0 Å². The summed E-state index contributed by atoms with van der Waals surface area (Å²) in [6.45, 7) is 0. The van der Waals surface area contributed by atoms with Crippen LogP contribution in [-0.2, 0) is 10.2 Å². The molecule has 0 heterocycles. The maximum absolute atomic E-state index is 14.4. The number of nitriles is 1. The Balaban J connectivity index is 1.93. The fourth-order valence-corrected chi connectivity index (χ4v) is 3.57. The monoisotopic (exact) mass is 338 g/mol. The molecule has 1 N–H and O–H groups in total. The van der Waals surface area contributed by atoms with Crippen molar-refractivity contribution in [2.24, 2.45) is 0 Å². The number of nitrogens with zero attached hydrogens (tertiary/aromatic N) is 1.